The van der Waals surface area contributed by atoms with Crippen LogP contribution in [0.3, 0.4) is 0 Å². The number of likely N-dealkylation sites (N-methyl/N-ethyl adjacent to an activating group) is 1. The Morgan fingerprint density at radius 2 is 1.60 bits per heavy atom. The number of nitrogens with one attached hydrogen (secondary N) is 2. The fraction of sp³-hybridized carbons (Fsp3) is 0.350. The molecule has 0 spiro atoms. The molecule has 1 fully saturated rings. The summed E-state index contributed by atoms with van der Waals surface area (Å²) >= 11 is 0. The number of fused-ring (bicyclic) bond motifs is 1. The maximum Gasteiger partial charge on any atom is 0.275 e. The molecule has 1 saturated heterocycles. The third-order valence-corrected chi connectivity index (χ3v) is 5.33. The predicted octanol–water partition coefficient (Wildman–Crippen LogP) is -0.795. The number of para-hydroxylation sites is 2. The van der Waals surface area contributed by atoms with Gasteiger partial charge < -0.3 is 9.80 Å². The third-order valence-electron chi connectivity index (χ3n) is 5.33. The number of nitrogens with zero attached hydrogens (tertiary/aromatic N) is 2. The first-order valence-electron chi connectivity index (χ1n) is 9.15. The van der Waals surface area contributed by atoms with E-state index in [1.165, 1.54) is 26.2 Å². The minimum atomic E-state index is 0.110. The van der Waals surface area contributed by atoms with Gasteiger partial charge >= 0.3 is 0 Å². The molecule has 5 nitrogen and oxygen atoms in total. The van der Waals surface area contributed by atoms with Gasteiger partial charge in [-0.3, -0.25) is 4.79 Å². The van der Waals surface area contributed by atoms with Gasteiger partial charge in [-0.15, -0.1) is 0 Å². The maximum absolute atomic E-state index is 13.0. The number of aromatic nitrogens is 2. The van der Waals surface area contributed by atoms with Crippen LogP contribution in [0, 0.1) is 0 Å². The van der Waals surface area contributed by atoms with Crippen LogP contribution in [-0.2, 0) is 6.54 Å². The first-order valence-corrected chi connectivity index (χ1v) is 9.15. The normalized spacial score (nSPS) is 20.8. The number of piperazine rings is 1. The molecule has 5 heteroatoms. The fourth-order valence-corrected chi connectivity index (χ4v) is 3.79. The molecule has 1 aliphatic heterocycles. The van der Waals surface area contributed by atoms with Crippen LogP contribution < -0.4 is 15.4 Å². The van der Waals surface area contributed by atoms with E-state index >= 15 is 0 Å². The zero-order valence-electron chi connectivity index (χ0n) is 14.7. The summed E-state index contributed by atoms with van der Waals surface area (Å²) in [5, 5.41) is 0.796. The lowest BCUT2D eigenvalue weighted by molar-refractivity contribution is -1.00. The molecule has 0 atom stereocenters. The van der Waals surface area contributed by atoms with E-state index in [-0.39, 0.29) is 5.56 Å². The van der Waals surface area contributed by atoms with Gasteiger partial charge in [-0.25, -0.2) is 9.36 Å². The van der Waals surface area contributed by atoms with Crippen molar-refractivity contribution in [3.05, 3.63) is 65.0 Å². The summed E-state index contributed by atoms with van der Waals surface area (Å²) in [5.74, 6) is 0. The zero-order valence-corrected chi connectivity index (χ0v) is 14.7. The van der Waals surface area contributed by atoms with Crippen LogP contribution in [0.4, 0.5) is 0 Å². The Bertz CT molecular complexity index is 904. The van der Waals surface area contributed by atoms with Crippen molar-refractivity contribution in [1.82, 2.24) is 9.36 Å². The second-order valence-corrected chi connectivity index (χ2v) is 7.05. The Morgan fingerprint density at radius 3 is 2.36 bits per heavy atom. The first-order chi connectivity index (χ1) is 12.2. The molecule has 130 valence electrons. The van der Waals surface area contributed by atoms with Gasteiger partial charge in [0.1, 0.15) is 26.2 Å². The van der Waals surface area contributed by atoms with Gasteiger partial charge in [-0.2, -0.15) is 0 Å². The van der Waals surface area contributed by atoms with Crippen LogP contribution in [-0.4, -0.2) is 49.1 Å². The molecule has 0 aliphatic carbocycles. The van der Waals surface area contributed by atoms with Crippen molar-refractivity contribution >= 4 is 10.9 Å². The Labute approximate surface area is 147 Å². The monoisotopic (exact) mass is 338 g/mol. The topological polar surface area (TPSA) is 35.8 Å². The van der Waals surface area contributed by atoms with Crippen molar-refractivity contribution in [3.63, 3.8) is 0 Å². The average Bonchev–Trinajstić information content (AvgIpc) is 2.94. The van der Waals surface area contributed by atoms with Crippen LogP contribution in [0.1, 0.15) is 0 Å². The van der Waals surface area contributed by atoms with Gasteiger partial charge in [0.2, 0.25) is 0 Å². The molecular formula is C20H26N4O+2. The highest BCUT2D eigenvalue weighted by atomic mass is 16.1. The molecule has 1 aromatic heterocycles. The van der Waals surface area contributed by atoms with Crippen molar-refractivity contribution in [2.75, 3.05) is 39.8 Å². The summed E-state index contributed by atoms with van der Waals surface area (Å²) < 4.78 is 4.00. The molecule has 0 radical (unpaired) electrons. The summed E-state index contributed by atoms with van der Waals surface area (Å²) in [5.41, 5.74) is 2.13. The SMILES string of the molecule is C[NH+]1CC[NH+](CCn2c(=O)c3ccccc3n2-c2ccccc2)CC1. The summed E-state index contributed by atoms with van der Waals surface area (Å²) in [6, 6.07) is 18.1. The quantitative estimate of drug-likeness (QED) is 0.642. The number of hydrogen-bond donors (Lipinski definition) is 2. The molecule has 0 bridgehead atoms. The standard InChI is InChI=1S/C20H24N4O/c1-21-11-13-22(14-12-21)15-16-23-20(25)18-9-5-6-10-19(18)24(23)17-7-3-2-4-8-17/h2-10H,11-16H2,1H3/p+2. The lowest BCUT2D eigenvalue weighted by Gasteiger charge is -2.27. The van der Waals surface area contributed by atoms with E-state index in [0.717, 1.165) is 29.7 Å². The van der Waals surface area contributed by atoms with Gasteiger partial charge in [0.05, 0.1) is 36.7 Å². The second-order valence-electron chi connectivity index (χ2n) is 7.05. The van der Waals surface area contributed by atoms with Crippen molar-refractivity contribution in [2.45, 2.75) is 6.54 Å². The number of quaternary nitrogens is 2. The van der Waals surface area contributed by atoms with E-state index in [2.05, 4.69) is 23.9 Å². The van der Waals surface area contributed by atoms with Crippen LogP contribution >= 0.6 is 0 Å². The minimum absolute atomic E-state index is 0.110. The molecule has 0 saturated carbocycles. The number of benzene rings is 2. The molecule has 25 heavy (non-hydrogen) atoms. The number of hydrogen-bond acceptors (Lipinski definition) is 1. The molecule has 0 unspecified atom stereocenters. The van der Waals surface area contributed by atoms with Gasteiger partial charge in [-0.05, 0) is 24.3 Å². The fourth-order valence-electron chi connectivity index (χ4n) is 3.79. The van der Waals surface area contributed by atoms with Crippen LogP contribution in [0.2, 0.25) is 0 Å². The summed E-state index contributed by atoms with van der Waals surface area (Å²) in [4.78, 5) is 16.2. The molecule has 2 aromatic carbocycles. The molecule has 2 N–H and O–H groups in total. The molecule has 4 rings (SSSR count). The molecule has 1 aliphatic rings. The van der Waals surface area contributed by atoms with E-state index in [9.17, 15) is 4.79 Å². The van der Waals surface area contributed by atoms with Crippen molar-refractivity contribution < 1.29 is 9.80 Å². The van der Waals surface area contributed by atoms with Crippen LogP contribution in [0.5, 0.6) is 0 Å². The highest BCUT2D eigenvalue weighted by Gasteiger charge is 2.21. The summed E-state index contributed by atoms with van der Waals surface area (Å²) in [6.45, 7) is 6.54. The lowest BCUT2D eigenvalue weighted by atomic mass is 10.2. The third kappa shape index (κ3) is 3.13. The maximum atomic E-state index is 13.0. The van der Waals surface area contributed by atoms with Gasteiger partial charge in [0.15, 0.2) is 0 Å². The zero-order chi connectivity index (χ0) is 17.2. The second kappa shape index (κ2) is 6.86. The van der Waals surface area contributed by atoms with Gasteiger partial charge in [0.25, 0.3) is 5.56 Å². The Hall–Kier alpha value is -2.37. The highest BCUT2D eigenvalue weighted by molar-refractivity contribution is 5.80. The highest BCUT2D eigenvalue weighted by Crippen LogP contribution is 2.16. The first kappa shape index (κ1) is 16.1. The van der Waals surface area contributed by atoms with Crippen LogP contribution in [0.25, 0.3) is 16.6 Å². The molecule has 2 heterocycles. The lowest BCUT2D eigenvalue weighted by Crippen LogP contribution is -3.27. The van der Waals surface area contributed by atoms with E-state index in [1.54, 1.807) is 9.80 Å². The van der Waals surface area contributed by atoms with Crippen molar-refractivity contribution in [1.29, 1.82) is 0 Å². The van der Waals surface area contributed by atoms with Crippen molar-refractivity contribution in [2.24, 2.45) is 0 Å². The molecule has 0 amide bonds. The van der Waals surface area contributed by atoms with Crippen molar-refractivity contribution in [3.8, 4) is 5.69 Å². The van der Waals surface area contributed by atoms with E-state index < -0.39 is 0 Å². The Morgan fingerprint density at radius 1 is 0.920 bits per heavy atom. The molecular weight excluding hydrogens is 312 g/mol. The average molecular weight is 338 g/mol. The minimum Gasteiger partial charge on any atom is -0.328 e. The van der Waals surface area contributed by atoms with E-state index in [0.29, 0.717) is 0 Å². The smallest absolute Gasteiger partial charge is 0.275 e. The predicted molar refractivity (Wildman–Crippen MR) is 99.7 cm³/mol. The summed E-state index contributed by atoms with van der Waals surface area (Å²) in [7, 11) is 2.26. The molecule has 3 aromatic rings. The van der Waals surface area contributed by atoms with E-state index in [1.807, 2.05) is 47.1 Å². The van der Waals surface area contributed by atoms with Crippen LogP contribution in [0.15, 0.2) is 59.4 Å². The Balaban J connectivity index is 1.70. The Kier molecular flexibility index (Phi) is 4.42. The number of rotatable bonds is 4. The van der Waals surface area contributed by atoms with Gasteiger partial charge in [0, 0.05) is 0 Å². The van der Waals surface area contributed by atoms with E-state index in [4.69, 9.17) is 0 Å². The summed E-state index contributed by atoms with van der Waals surface area (Å²) in [6.07, 6.45) is 0. The van der Waals surface area contributed by atoms with Gasteiger partial charge in [-0.1, -0.05) is 30.3 Å². The largest absolute Gasteiger partial charge is 0.328 e.